The number of aromatic amines is 1. The number of carbonyl (C=O) groups is 1. The van der Waals surface area contributed by atoms with E-state index in [9.17, 15) is 14.4 Å². The quantitative estimate of drug-likeness (QED) is 0.848. The Kier molecular flexibility index (Phi) is 5.36. The summed E-state index contributed by atoms with van der Waals surface area (Å²) in [6, 6.07) is 3.28. The van der Waals surface area contributed by atoms with Crippen LogP contribution in [-0.4, -0.2) is 40.5 Å². The molecule has 0 saturated carbocycles. The first-order chi connectivity index (χ1) is 13.9. The molecule has 1 amide bonds. The second-order valence-corrected chi connectivity index (χ2v) is 7.82. The second-order valence-electron chi connectivity index (χ2n) is 7.82. The molecule has 0 aliphatic carbocycles. The average molecular weight is 399 g/mol. The van der Waals surface area contributed by atoms with Crippen LogP contribution in [0.2, 0.25) is 0 Å². The number of nitrogens with one attached hydrogen (secondary N) is 1. The van der Waals surface area contributed by atoms with Crippen LogP contribution in [0.4, 0.5) is 0 Å². The highest BCUT2D eigenvalue weighted by molar-refractivity contribution is 5.95. The topological polar surface area (TPSA) is 106 Å². The van der Waals surface area contributed by atoms with Gasteiger partial charge in [-0.25, -0.2) is 9.78 Å². The van der Waals surface area contributed by atoms with E-state index in [0.29, 0.717) is 49.7 Å². The van der Waals surface area contributed by atoms with Crippen molar-refractivity contribution >= 4 is 5.91 Å². The number of ether oxygens (including phenoxy) is 1. The van der Waals surface area contributed by atoms with E-state index in [-0.39, 0.29) is 29.1 Å². The van der Waals surface area contributed by atoms with Crippen LogP contribution in [0.1, 0.15) is 70.9 Å². The minimum atomic E-state index is -0.602. The summed E-state index contributed by atoms with van der Waals surface area (Å²) in [5.74, 6) is 0.907. The molecule has 2 aliphatic heterocycles. The largest absolute Gasteiger partial charge is 0.424 e. The van der Waals surface area contributed by atoms with Gasteiger partial charge in [0.15, 0.2) is 0 Å². The lowest BCUT2D eigenvalue weighted by molar-refractivity contribution is 0.0698. The fourth-order valence-electron chi connectivity index (χ4n) is 4.20. The standard InChI is InChI=1S/C21H25N3O5/c1-12-10-17(16-4-3-9-28-16)29-21(27)19(12)20(26)24-7-5-14(6-8-24)15-11-18(25)23-13(2)22-15/h10-11,14,16H,3-9H2,1-2H3,(H,22,23,25). The highest BCUT2D eigenvalue weighted by Crippen LogP contribution is 2.30. The van der Waals surface area contributed by atoms with Crippen molar-refractivity contribution in [3.63, 3.8) is 0 Å². The van der Waals surface area contributed by atoms with Crippen molar-refractivity contribution in [2.75, 3.05) is 19.7 Å². The third-order valence-electron chi connectivity index (χ3n) is 5.71. The summed E-state index contributed by atoms with van der Waals surface area (Å²) in [6.07, 6.45) is 2.94. The zero-order valence-corrected chi connectivity index (χ0v) is 16.7. The molecule has 1 N–H and O–H groups in total. The van der Waals surface area contributed by atoms with Gasteiger partial charge in [-0.1, -0.05) is 0 Å². The molecule has 2 fully saturated rings. The van der Waals surface area contributed by atoms with Crippen LogP contribution in [0, 0.1) is 13.8 Å². The van der Waals surface area contributed by atoms with Crippen LogP contribution in [0.5, 0.6) is 0 Å². The summed E-state index contributed by atoms with van der Waals surface area (Å²) in [4.78, 5) is 46.0. The van der Waals surface area contributed by atoms with Gasteiger partial charge in [-0.2, -0.15) is 0 Å². The Balaban J connectivity index is 1.48. The third-order valence-corrected chi connectivity index (χ3v) is 5.71. The summed E-state index contributed by atoms with van der Waals surface area (Å²) in [7, 11) is 0. The monoisotopic (exact) mass is 399 g/mol. The molecule has 154 valence electrons. The van der Waals surface area contributed by atoms with E-state index in [1.165, 1.54) is 6.07 Å². The first kappa shape index (κ1) is 19.6. The molecule has 0 radical (unpaired) electrons. The normalized spacial score (nSPS) is 20.2. The van der Waals surface area contributed by atoms with Gasteiger partial charge >= 0.3 is 5.63 Å². The smallest absolute Gasteiger partial charge is 0.349 e. The Morgan fingerprint density at radius 2 is 1.93 bits per heavy atom. The Morgan fingerprint density at radius 3 is 2.55 bits per heavy atom. The van der Waals surface area contributed by atoms with E-state index in [1.54, 1.807) is 24.8 Å². The SMILES string of the molecule is Cc1nc(C2CCN(C(=O)c3c(C)cc(C4CCCO4)oc3=O)CC2)cc(=O)[nH]1. The Labute approximate surface area is 167 Å². The van der Waals surface area contributed by atoms with Gasteiger partial charge in [-0.15, -0.1) is 0 Å². The van der Waals surface area contributed by atoms with Crippen LogP contribution in [0.25, 0.3) is 0 Å². The molecule has 0 bridgehead atoms. The summed E-state index contributed by atoms with van der Waals surface area (Å²) in [5.41, 5.74) is 0.705. The molecule has 1 unspecified atom stereocenters. The Bertz CT molecular complexity index is 1030. The third kappa shape index (κ3) is 4.03. The van der Waals surface area contributed by atoms with Gasteiger partial charge in [0.05, 0.1) is 5.69 Å². The van der Waals surface area contributed by atoms with Crippen molar-refractivity contribution in [1.29, 1.82) is 0 Å². The summed E-state index contributed by atoms with van der Waals surface area (Å²) < 4.78 is 11.0. The molecule has 1 atom stereocenters. The molecule has 0 spiro atoms. The lowest BCUT2D eigenvalue weighted by atomic mass is 9.92. The Hall–Kier alpha value is -2.74. The van der Waals surface area contributed by atoms with Crippen LogP contribution >= 0.6 is 0 Å². The van der Waals surface area contributed by atoms with Crippen molar-refractivity contribution in [2.45, 2.75) is 51.6 Å². The van der Waals surface area contributed by atoms with Gasteiger partial charge in [-0.3, -0.25) is 9.59 Å². The van der Waals surface area contributed by atoms with Crippen molar-refractivity contribution in [3.05, 3.63) is 61.3 Å². The molecule has 8 heteroatoms. The zero-order valence-electron chi connectivity index (χ0n) is 16.7. The average Bonchev–Trinajstić information content (AvgIpc) is 3.21. The molecule has 4 rings (SSSR count). The first-order valence-corrected chi connectivity index (χ1v) is 10.1. The van der Waals surface area contributed by atoms with E-state index < -0.39 is 5.63 Å². The molecule has 0 aromatic carbocycles. The predicted molar refractivity (Wildman–Crippen MR) is 105 cm³/mol. The number of rotatable bonds is 3. The molecule has 2 aliphatic rings. The number of H-pyrrole nitrogens is 1. The van der Waals surface area contributed by atoms with E-state index in [1.807, 2.05) is 0 Å². The summed E-state index contributed by atoms with van der Waals surface area (Å²) in [6.45, 7) is 5.18. The molecule has 2 aromatic rings. The van der Waals surface area contributed by atoms with Gasteiger partial charge in [0.2, 0.25) is 0 Å². The van der Waals surface area contributed by atoms with Gasteiger partial charge in [0.1, 0.15) is 23.3 Å². The van der Waals surface area contributed by atoms with Crippen LogP contribution in [0.15, 0.2) is 26.1 Å². The number of aryl methyl sites for hydroxylation is 2. The number of carbonyl (C=O) groups excluding carboxylic acids is 1. The maximum absolute atomic E-state index is 13.0. The number of likely N-dealkylation sites (tertiary alicyclic amines) is 1. The van der Waals surface area contributed by atoms with E-state index >= 15 is 0 Å². The van der Waals surface area contributed by atoms with Gasteiger partial charge < -0.3 is 19.0 Å². The maximum Gasteiger partial charge on any atom is 0.349 e. The van der Waals surface area contributed by atoms with Crippen molar-refractivity contribution < 1.29 is 13.9 Å². The minimum absolute atomic E-state index is 0.0929. The number of aromatic nitrogens is 2. The van der Waals surface area contributed by atoms with Crippen LogP contribution in [-0.2, 0) is 4.74 Å². The van der Waals surface area contributed by atoms with Crippen LogP contribution in [0.3, 0.4) is 0 Å². The summed E-state index contributed by atoms with van der Waals surface area (Å²) in [5, 5.41) is 0. The first-order valence-electron chi connectivity index (χ1n) is 10.1. The molecule has 4 heterocycles. The lowest BCUT2D eigenvalue weighted by Crippen LogP contribution is -2.40. The minimum Gasteiger partial charge on any atom is -0.424 e. The number of piperidine rings is 1. The molecular formula is C21H25N3O5. The lowest BCUT2D eigenvalue weighted by Gasteiger charge is -2.31. The van der Waals surface area contributed by atoms with Crippen molar-refractivity contribution in [3.8, 4) is 0 Å². The van der Waals surface area contributed by atoms with E-state index in [4.69, 9.17) is 9.15 Å². The van der Waals surface area contributed by atoms with Gasteiger partial charge in [-0.05, 0) is 51.2 Å². The van der Waals surface area contributed by atoms with Crippen molar-refractivity contribution in [1.82, 2.24) is 14.9 Å². The highest BCUT2D eigenvalue weighted by Gasteiger charge is 2.30. The number of hydrogen-bond acceptors (Lipinski definition) is 6. The molecule has 29 heavy (non-hydrogen) atoms. The maximum atomic E-state index is 13.0. The van der Waals surface area contributed by atoms with E-state index in [2.05, 4.69) is 9.97 Å². The highest BCUT2D eigenvalue weighted by atomic mass is 16.5. The van der Waals surface area contributed by atoms with E-state index in [0.717, 1.165) is 18.5 Å². The number of nitrogens with zero attached hydrogens (tertiary/aromatic N) is 2. The Morgan fingerprint density at radius 1 is 1.17 bits per heavy atom. The number of amides is 1. The number of hydrogen-bond donors (Lipinski definition) is 1. The molecule has 2 aromatic heterocycles. The van der Waals surface area contributed by atoms with Crippen LogP contribution < -0.4 is 11.2 Å². The fourth-order valence-corrected chi connectivity index (χ4v) is 4.20. The molecule has 2 saturated heterocycles. The predicted octanol–water partition coefficient (Wildman–Crippen LogP) is 2.21. The van der Waals surface area contributed by atoms with Gasteiger partial charge in [0.25, 0.3) is 11.5 Å². The van der Waals surface area contributed by atoms with Crippen molar-refractivity contribution in [2.24, 2.45) is 0 Å². The second kappa shape index (κ2) is 7.94. The summed E-state index contributed by atoms with van der Waals surface area (Å²) >= 11 is 0. The van der Waals surface area contributed by atoms with Gasteiger partial charge in [0, 0.05) is 31.7 Å². The zero-order chi connectivity index (χ0) is 20.5. The fraction of sp³-hybridized carbons (Fsp3) is 0.524. The molecular weight excluding hydrogens is 374 g/mol. The molecule has 8 nitrogen and oxygen atoms in total.